The molecule has 1 atom stereocenters. The van der Waals surface area contributed by atoms with Crippen LogP contribution in [0.25, 0.3) is 0 Å². The monoisotopic (exact) mass is 430 g/mol. The van der Waals surface area contributed by atoms with Crippen molar-refractivity contribution < 1.29 is 9.21 Å². The highest BCUT2D eigenvalue weighted by atomic mass is 16.3. The Balaban J connectivity index is 1.28. The molecule has 1 saturated heterocycles. The quantitative estimate of drug-likeness (QED) is 0.622. The van der Waals surface area contributed by atoms with E-state index in [0.717, 1.165) is 30.9 Å². The number of piperidine rings is 1. The van der Waals surface area contributed by atoms with Gasteiger partial charge in [0.1, 0.15) is 11.6 Å². The largest absolute Gasteiger partial charge is 0.467 e. The van der Waals surface area contributed by atoms with Crippen molar-refractivity contribution in [3.8, 4) is 0 Å². The van der Waals surface area contributed by atoms with E-state index in [0.29, 0.717) is 30.5 Å². The summed E-state index contributed by atoms with van der Waals surface area (Å²) in [6.07, 6.45) is 8.12. The number of carbonyl (C=O) groups is 1. The van der Waals surface area contributed by atoms with E-state index in [1.54, 1.807) is 12.3 Å². The fourth-order valence-corrected chi connectivity index (χ4v) is 4.92. The number of furan rings is 1. The highest BCUT2D eigenvalue weighted by molar-refractivity contribution is 5.95. The third kappa shape index (κ3) is 4.09. The van der Waals surface area contributed by atoms with Crippen molar-refractivity contribution in [3.05, 3.63) is 77.4 Å². The molecule has 0 radical (unpaired) electrons. The van der Waals surface area contributed by atoms with Crippen molar-refractivity contribution in [2.24, 2.45) is 0 Å². The first-order valence-corrected chi connectivity index (χ1v) is 11.6. The molecule has 6 nitrogen and oxygen atoms in total. The first-order valence-electron chi connectivity index (χ1n) is 11.6. The first-order chi connectivity index (χ1) is 15.7. The average Bonchev–Trinajstić information content (AvgIpc) is 3.43. The third-order valence-corrected chi connectivity index (χ3v) is 6.61. The molecule has 2 aromatic heterocycles. The summed E-state index contributed by atoms with van der Waals surface area (Å²) in [7, 11) is 0. The predicted molar refractivity (Wildman–Crippen MR) is 126 cm³/mol. The molecule has 1 amide bonds. The molecule has 4 heterocycles. The van der Waals surface area contributed by atoms with E-state index in [1.165, 1.54) is 30.5 Å². The summed E-state index contributed by atoms with van der Waals surface area (Å²) in [5, 5.41) is 3.09. The number of carbonyl (C=O) groups excluding carboxylic acids is 1. The molecule has 5 rings (SSSR count). The van der Waals surface area contributed by atoms with Crippen molar-refractivity contribution in [1.29, 1.82) is 0 Å². The summed E-state index contributed by atoms with van der Waals surface area (Å²) in [5.41, 5.74) is 4.23. The number of nitrogens with zero attached hydrogens (tertiary/aromatic N) is 3. The highest BCUT2D eigenvalue weighted by Gasteiger charge is 2.28. The van der Waals surface area contributed by atoms with Crippen LogP contribution in [0.1, 0.15) is 53.4 Å². The van der Waals surface area contributed by atoms with E-state index in [9.17, 15) is 4.79 Å². The van der Waals surface area contributed by atoms with Crippen LogP contribution in [0.4, 0.5) is 11.5 Å². The van der Waals surface area contributed by atoms with Crippen LogP contribution in [0.2, 0.25) is 0 Å². The number of nitrogens with one attached hydrogen (secondary N) is 1. The first kappa shape index (κ1) is 20.6. The zero-order valence-electron chi connectivity index (χ0n) is 18.6. The normalized spacial score (nSPS) is 18.0. The van der Waals surface area contributed by atoms with Gasteiger partial charge in [-0.3, -0.25) is 4.79 Å². The molecular formula is C26H30N4O2. The van der Waals surface area contributed by atoms with Gasteiger partial charge in [0.25, 0.3) is 5.91 Å². The van der Waals surface area contributed by atoms with E-state index >= 15 is 0 Å². The number of amides is 1. The van der Waals surface area contributed by atoms with Crippen LogP contribution in [-0.2, 0) is 19.5 Å². The van der Waals surface area contributed by atoms with E-state index in [1.807, 2.05) is 12.3 Å². The number of pyridine rings is 1. The number of rotatable bonds is 6. The van der Waals surface area contributed by atoms with Crippen molar-refractivity contribution in [3.63, 3.8) is 0 Å². The lowest BCUT2D eigenvalue weighted by Crippen LogP contribution is -2.32. The van der Waals surface area contributed by atoms with E-state index in [-0.39, 0.29) is 5.91 Å². The van der Waals surface area contributed by atoms with Gasteiger partial charge in [0.2, 0.25) is 0 Å². The molecule has 6 heteroatoms. The molecule has 0 bridgehead atoms. The Kier molecular flexibility index (Phi) is 5.84. The maximum absolute atomic E-state index is 13.1. The van der Waals surface area contributed by atoms with Crippen molar-refractivity contribution in [2.45, 2.75) is 51.7 Å². The standard InChI is InChI=1S/C26H30N4O2/c1-19-16-20-8-3-4-10-23(20)30(19)18-24-22(11-15-32-24)26(31)28-17-21-9-7-12-27-25(21)29-13-5-2-6-14-29/h3-4,7-12,15,19H,2,5-6,13-14,16-18H2,1H3,(H,28,31). The number of hydrogen-bond donors (Lipinski definition) is 1. The second-order valence-corrected chi connectivity index (χ2v) is 8.78. The molecule has 32 heavy (non-hydrogen) atoms. The minimum absolute atomic E-state index is 0.109. The number of para-hydroxylation sites is 1. The van der Waals surface area contributed by atoms with Crippen LogP contribution in [-0.4, -0.2) is 30.0 Å². The molecule has 1 unspecified atom stereocenters. The number of hydrogen-bond acceptors (Lipinski definition) is 5. The Morgan fingerprint density at radius 1 is 1.12 bits per heavy atom. The smallest absolute Gasteiger partial charge is 0.255 e. The van der Waals surface area contributed by atoms with Gasteiger partial charge in [-0.25, -0.2) is 4.98 Å². The highest BCUT2D eigenvalue weighted by Crippen LogP contribution is 2.33. The topological polar surface area (TPSA) is 61.6 Å². The molecular weight excluding hydrogens is 400 g/mol. The van der Waals surface area contributed by atoms with Crippen LogP contribution in [0.5, 0.6) is 0 Å². The summed E-state index contributed by atoms with van der Waals surface area (Å²) in [6.45, 7) is 5.30. The predicted octanol–water partition coefficient (Wildman–Crippen LogP) is 4.55. The fourth-order valence-electron chi connectivity index (χ4n) is 4.92. The Morgan fingerprint density at radius 3 is 2.84 bits per heavy atom. The molecule has 0 aliphatic carbocycles. The zero-order chi connectivity index (χ0) is 21.9. The summed E-state index contributed by atoms with van der Waals surface area (Å²) in [4.78, 5) is 22.3. The summed E-state index contributed by atoms with van der Waals surface area (Å²) in [6, 6.07) is 14.6. The van der Waals surface area contributed by atoms with Crippen LogP contribution in [0, 0.1) is 0 Å². The maximum Gasteiger partial charge on any atom is 0.255 e. The van der Waals surface area contributed by atoms with Gasteiger partial charge in [-0.15, -0.1) is 0 Å². The molecule has 1 N–H and O–H groups in total. The number of fused-ring (bicyclic) bond motifs is 1. The molecule has 1 aromatic carbocycles. The zero-order valence-corrected chi connectivity index (χ0v) is 18.6. The minimum atomic E-state index is -0.109. The van der Waals surface area contributed by atoms with E-state index in [2.05, 4.69) is 57.4 Å². The van der Waals surface area contributed by atoms with E-state index in [4.69, 9.17) is 4.42 Å². The minimum Gasteiger partial charge on any atom is -0.467 e. The fraction of sp³-hybridized carbons (Fsp3) is 0.385. The Bertz CT molecular complexity index is 1090. The second kappa shape index (κ2) is 9.07. The van der Waals surface area contributed by atoms with Gasteiger partial charge in [-0.1, -0.05) is 24.3 Å². The van der Waals surface area contributed by atoms with Gasteiger partial charge in [0.05, 0.1) is 18.4 Å². The van der Waals surface area contributed by atoms with E-state index < -0.39 is 0 Å². The van der Waals surface area contributed by atoms with Crippen molar-refractivity contribution in [2.75, 3.05) is 22.9 Å². The molecule has 1 fully saturated rings. The molecule has 3 aromatic rings. The van der Waals surface area contributed by atoms with Gasteiger partial charge in [0.15, 0.2) is 0 Å². The van der Waals surface area contributed by atoms with Crippen LogP contribution in [0.3, 0.4) is 0 Å². The van der Waals surface area contributed by atoms with Gasteiger partial charge < -0.3 is 19.5 Å². The lowest BCUT2D eigenvalue weighted by Gasteiger charge is -2.29. The lowest BCUT2D eigenvalue weighted by atomic mass is 10.1. The van der Waals surface area contributed by atoms with Gasteiger partial charge in [-0.05, 0) is 56.4 Å². The molecule has 2 aliphatic heterocycles. The molecule has 0 spiro atoms. The maximum atomic E-state index is 13.1. The average molecular weight is 431 g/mol. The summed E-state index contributed by atoms with van der Waals surface area (Å²) < 4.78 is 5.76. The lowest BCUT2D eigenvalue weighted by molar-refractivity contribution is 0.0949. The van der Waals surface area contributed by atoms with Crippen LogP contribution >= 0.6 is 0 Å². The van der Waals surface area contributed by atoms with Gasteiger partial charge in [-0.2, -0.15) is 0 Å². The summed E-state index contributed by atoms with van der Waals surface area (Å²) in [5.74, 6) is 1.58. The van der Waals surface area contributed by atoms with Crippen LogP contribution < -0.4 is 15.1 Å². The van der Waals surface area contributed by atoms with Gasteiger partial charge >= 0.3 is 0 Å². The number of anilines is 2. The van der Waals surface area contributed by atoms with Gasteiger partial charge in [0, 0.05) is 43.1 Å². The van der Waals surface area contributed by atoms with Crippen LogP contribution in [0.15, 0.2) is 59.3 Å². The molecule has 166 valence electrons. The Morgan fingerprint density at radius 2 is 1.97 bits per heavy atom. The summed E-state index contributed by atoms with van der Waals surface area (Å²) >= 11 is 0. The van der Waals surface area contributed by atoms with Crippen molar-refractivity contribution >= 4 is 17.4 Å². The van der Waals surface area contributed by atoms with Crippen molar-refractivity contribution in [1.82, 2.24) is 10.3 Å². The number of benzene rings is 1. The third-order valence-electron chi connectivity index (χ3n) is 6.61. The number of aromatic nitrogens is 1. The Hall–Kier alpha value is -3.28. The molecule has 2 aliphatic rings. The SMILES string of the molecule is CC1Cc2ccccc2N1Cc1occc1C(=O)NCc1cccnc1N1CCCCC1. The Labute approximate surface area is 189 Å². The second-order valence-electron chi connectivity index (χ2n) is 8.78. The molecule has 0 saturated carbocycles.